The van der Waals surface area contributed by atoms with E-state index in [-0.39, 0.29) is 30.2 Å². The van der Waals surface area contributed by atoms with Gasteiger partial charge in [0.05, 0.1) is 24.6 Å². The van der Waals surface area contributed by atoms with Crippen molar-refractivity contribution in [3.63, 3.8) is 0 Å². The fourth-order valence-electron chi connectivity index (χ4n) is 5.32. The first-order valence-electron chi connectivity index (χ1n) is 8.66. The van der Waals surface area contributed by atoms with Crippen LogP contribution in [0.4, 0.5) is 0 Å². The van der Waals surface area contributed by atoms with Crippen LogP contribution in [0.25, 0.3) is 0 Å². The van der Waals surface area contributed by atoms with E-state index >= 15 is 0 Å². The Bertz CT molecular complexity index is 782. The largest absolute Gasteiger partial charge is 0.467 e. The van der Waals surface area contributed by atoms with E-state index in [1.54, 1.807) is 12.3 Å². The number of furan rings is 1. The van der Waals surface area contributed by atoms with Gasteiger partial charge in [-0.1, -0.05) is 30.3 Å². The summed E-state index contributed by atoms with van der Waals surface area (Å²) in [6.07, 6.45) is 3.63. The minimum absolute atomic E-state index is 0.00883. The van der Waals surface area contributed by atoms with Crippen molar-refractivity contribution < 1.29 is 14.0 Å². The highest BCUT2D eigenvalue weighted by Gasteiger charge is 2.63. The number of fused-ring (bicyclic) bond motifs is 5. The topological polar surface area (TPSA) is 50.5 Å². The molecule has 3 fully saturated rings. The van der Waals surface area contributed by atoms with Crippen molar-refractivity contribution in [1.29, 1.82) is 0 Å². The van der Waals surface area contributed by atoms with E-state index in [1.807, 2.05) is 12.1 Å². The lowest BCUT2D eigenvalue weighted by molar-refractivity contribution is -0.141. The van der Waals surface area contributed by atoms with Crippen molar-refractivity contribution in [3.05, 3.63) is 60.1 Å². The SMILES string of the molecule is O=C1C2C3CC(c4ccccc4)C(C3)C2C(=O)N1Cc1ccco1. The van der Waals surface area contributed by atoms with Crippen LogP contribution in [0.3, 0.4) is 0 Å². The number of amides is 2. The number of rotatable bonds is 3. The molecule has 5 atom stereocenters. The van der Waals surface area contributed by atoms with Crippen molar-refractivity contribution in [2.24, 2.45) is 23.7 Å². The van der Waals surface area contributed by atoms with Gasteiger partial charge in [0.25, 0.3) is 0 Å². The molecule has 2 aliphatic carbocycles. The summed E-state index contributed by atoms with van der Waals surface area (Å²) < 4.78 is 5.33. The Morgan fingerprint density at radius 2 is 1.75 bits per heavy atom. The molecule has 1 aromatic carbocycles. The fourth-order valence-corrected chi connectivity index (χ4v) is 5.32. The first-order chi connectivity index (χ1) is 11.7. The first-order valence-corrected chi connectivity index (χ1v) is 8.66. The van der Waals surface area contributed by atoms with Crippen molar-refractivity contribution >= 4 is 11.8 Å². The molecule has 2 saturated carbocycles. The Balaban J connectivity index is 1.43. The molecule has 4 heteroatoms. The zero-order chi connectivity index (χ0) is 16.3. The monoisotopic (exact) mass is 321 g/mol. The molecule has 0 spiro atoms. The van der Waals surface area contributed by atoms with Gasteiger partial charge in [0.15, 0.2) is 0 Å². The Kier molecular flexibility index (Phi) is 2.96. The van der Waals surface area contributed by atoms with Crippen LogP contribution >= 0.6 is 0 Å². The van der Waals surface area contributed by atoms with Gasteiger partial charge in [-0.2, -0.15) is 0 Å². The van der Waals surface area contributed by atoms with Crippen LogP contribution in [0, 0.1) is 23.7 Å². The van der Waals surface area contributed by atoms with Gasteiger partial charge < -0.3 is 4.42 Å². The second-order valence-electron chi connectivity index (χ2n) is 7.31. The highest BCUT2D eigenvalue weighted by molar-refractivity contribution is 6.06. The van der Waals surface area contributed by atoms with E-state index in [0.29, 0.717) is 23.5 Å². The predicted octanol–water partition coefficient (Wildman–Crippen LogP) is 3.20. The summed E-state index contributed by atoms with van der Waals surface area (Å²) in [4.78, 5) is 27.2. The van der Waals surface area contributed by atoms with Gasteiger partial charge in [0.1, 0.15) is 5.76 Å². The van der Waals surface area contributed by atoms with E-state index in [4.69, 9.17) is 4.42 Å². The lowest BCUT2D eigenvalue weighted by Gasteiger charge is -2.28. The molecule has 5 rings (SSSR count). The maximum Gasteiger partial charge on any atom is 0.233 e. The number of imide groups is 1. The van der Waals surface area contributed by atoms with E-state index in [0.717, 1.165) is 12.8 Å². The number of hydrogen-bond acceptors (Lipinski definition) is 3. The van der Waals surface area contributed by atoms with Gasteiger partial charge in [-0.05, 0) is 48.3 Å². The maximum atomic E-state index is 13.0. The third-order valence-corrected chi connectivity index (χ3v) is 6.23. The minimum atomic E-state index is -0.128. The van der Waals surface area contributed by atoms with Crippen molar-refractivity contribution in [2.75, 3.05) is 0 Å². The third-order valence-electron chi connectivity index (χ3n) is 6.23. The van der Waals surface area contributed by atoms with Gasteiger partial charge in [0.2, 0.25) is 11.8 Å². The molecule has 4 nitrogen and oxygen atoms in total. The first kappa shape index (κ1) is 14.0. The molecule has 1 aromatic heterocycles. The Hall–Kier alpha value is -2.36. The number of benzene rings is 1. The van der Waals surface area contributed by atoms with Crippen molar-refractivity contribution in [1.82, 2.24) is 4.90 Å². The molecule has 24 heavy (non-hydrogen) atoms. The molecule has 2 bridgehead atoms. The van der Waals surface area contributed by atoms with Crippen LogP contribution in [0.2, 0.25) is 0 Å². The summed E-state index contributed by atoms with van der Waals surface area (Å²) in [6.45, 7) is 0.271. The van der Waals surface area contributed by atoms with Crippen LogP contribution in [0.5, 0.6) is 0 Å². The molecule has 2 heterocycles. The average Bonchev–Trinajstić information content (AvgIpc) is 3.37. The van der Waals surface area contributed by atoms with Crippen LogP contribution in [0.1, 0.15) is 30.1 Å². The summed E-state index contributed by atoms with van der Waals surface area (Å²) in [6, 6.07) is 14.1. The number of carbonyl (C=O) groups excluding carboxylic acids is 2. The third kappa shape index (κ3) is 1.86. The van der Waals surface area contributed by atoms with Crippen molar-refractivity contribution in [3.8, 4) is 0 Å². The lowest BCUT2D eigenvalue weighted by Crippen LogP contribution is -2.32. The smallest absolute Gasteiger partial charge is 0.233 e. The summed E-state index contributed by atoms with van der Waals surface area (Å²) >= 11 is 0. The second-order valence-corrected chi connectivity index (χ2v) is 7.31. The fraction of sp³-hybridized carbons (Fsp3) is 0.400. The zero-order valence-corrected chi connectivity index (χ0v) is 13.3. The van der Waals surface area contributed by atoms with Gasteiger partial charge in [-0.3, -0.25) is 14.5 Å². The van der Waals surface area contributed by atoms with E-state index in [2.05, 4.69) is 24.3 Å². The molecule has 122 valence electrons. The van der Waals surface area contributed by atoms with Crippen LogP contribution in [-0.2, 0) is 16.1 Å². The van der Waals surface area contributed by atoms with E-state index in [1.165, 1.54) is 10.5 Å². The van der Waals surface area contributed by atoms with E-state index in [9.17, 15) is 9.59 Å². The van der Waals surface area contributed by atoms with Gasteiger partial charge in [-0.25, -0.2) is 0 Å². The summed E-state index contributed by atoms with van der Waals surface area (Å²) in [5, 5.41) is 0. The van der Waals surface area contributed by atoms with E-state index < -0.39 is 0 Å². The summed E-state index contributed by atoms with van der Waals surface area (Å²) in [7, 11) is 0. The molecule has 2 amide bonds. The quantitative estimate of drug-likeness (QED) is 0.816. The zero-order valence-electron chi connectivity index (χ0n) is 13.3. The van der Waals surface area contributed by atoms with Crippen LogP contribution in [0.15, 0.2) is 53.1 Å². The molecule has 1 aliphatic heterocycles. The summed E-state index contributed by atoms with van der Waals surface area (Å²) in [5.41, 5.74) is 1.31. The van der Waals surface area contributed by atoms with Gasteiger partial charge in [-0.15, -0.1) is 0 Å². The van der Waals surface area contributed by atoms with Crippen LogP contribution < -0.4 is 0 Å². The number of carbonyl (C=O) groups is 2. The molecule has 2 aromatic rings. The standard InChI is InChI=1S/C20H19NO3/c22-19-17-13-9-15(12-5-2-1-3-6-12)16(10-13)18(17)20(23)21(19)11-14-7-4-8-24-14/h1-8,13,15-18H,9-11H2. The van der Waals surface area contributed by atoms with Crippen LogP contribution in [-0.4, -0.2) is 16.7 Å². The molecule has 0 N–H and O–H groups in total. The minimum Gasteiger partial charge on any atom is -0.467 e. The Labute approximate surface area is 140 Å². The van der Waals surface area contributed by atoms with Gasteiger partial charge >= 0.3 is 0 Å². The Morgan fingerprint density at radius 1 is 0.958 bits per heavy atom. The highest BCUT2D eigenvalue weighted by Crippen LogP contribution is 2.61. The normalized spacial score (nSPS) is 34.2. The molecular formula is C20H19NO3. The average molecular weight is 321 g/mol. The molecule has 3 aliphatic rings. The second kappa shape index (κ2) is 5.07. The van der Waals surface area contributed by atoms with Crippen molar-refractivity contribution in [2.45, 2.75) is 25.3 Å². The highest BCUT2D eigenvalue weighted by atomic mass is 16.3. The number of nitrogens with zero attached hydrogens (tertiary/aromatic N) is 1. The molecule has 1 saturated heterocycles. The summed E-state index contributed by atoms with van der Waals surface area (Å²) in [5.74, 6) is 1.54. The van der Waals surface area contributed by atoms with Gasteiger partial charge in [0, 0.05) is 0 Å². The Morgan fingerprint density at radius 3 is 2.50 bits per heavy atom. The molecule has 5 unspecified atom stereocenters. The predicted molar refractivity (Wildman–Crippen MR) is 86.6 cm³/mol. The molecule has 0 radical (unpaired) electrons. The molecular weight excluding hydrogens is 302 g/mol. The maximum absolute atomic E-state index is 13.0. The number of likely N-dealkylation sites (tertiary alicyclic amines) is 1. The lowest BCUT2D eigenvalue weighted by atomic mass is 9.73. The number of hydrogen-bond donors (Lipinski definition) is 0.